The third kappa shape index (κ3) is 5.36. The van der Waals surface area contributed by atoms with E-state index in [1.165, 1.54) is 0 Å². The summed E-state index contributed by atoms with van der Waals surface area (Å²) in [6.45, 7) is 2.64. The molecule has 68 valence electrons. The van der Waals surface area contributed by atoms with Gasteiger partial charge in [0.15, 0.2) is 6.54 Å². The number of hydrogen-bond acceptors (Lipinski definition) is 2. The first-order valence-corrected chi connectivity index (χ1v) is 3.68. The maximum atomic E-state index is 5.50. The number of aromatic nitrogens is 2. The third-order valence-corrected chi connectivity index (χ3v) is 1.26. The van der Waals surface area contributed by atoms with Gasteiger partial charge >= 0.3 is 0 Å². The quantitative estimate of drug-likeness (QED) is 0.272. The predicted octanol–water partition coefficient (Wildman–Crippen LogP) is 0.451. The van der Waals surface area contributed by atoms with Crippen molar-refractivity contribution < 1.29 is 4.57 Å². The molecule has 5 heteroatoms. The smallest absolute Gasteiger partial charge is 0.240 e. The lowest BCUT2D eigenvalue weighted by Crippen LogP contribution is -2.23. The molecule has 0 aromatic carbocycles. The summed E-state index contributed by atoms with van der Waals surface area (Å²) in [5, 5.41) is 0. The number of nitrogens with one attached hydrogen (secondary N) is 2. The monoisotopic (exact) mass is 179 g/mol. The first-order chi connectivity index (χ1) is 6.24. The molecular formula is C8H13N5+2. The first kappa shape index (κ1) is 11.1. The van der Waals surface area contributed by atoms with Gasteiger partial charge in [0.25, 0.3) is 0 Å². The van der Waals surface area contributed by atoms with Crippen LogP contribution in [0.25, 0.3) is 0 Å². The van der Waals surface area contributed by atoms with Crippen molar-refractivity contribution >= 4 is 0 Å². The van der Waals surface area contributed by atoms with Crippen molar-refractivity contribution in [3.63, 3.8) is 0 Å². The molecule has 0 aliphatic heterocycles. The van der Waals surface area contributed by atoms with Gasteiger partial charge in [0.05, 0.1) is 7.05 Å². The minimum Gasteiger partial charge on any atom is -0.240 e. The van der Waals surface area contributed by atoms with Crippen LogP contribution in [0.1, 0.15) is 6.92 Å². The number of imidazole rings is 1. The molecule has 1 rings (SSSR count). The van der Waals surface area contributed by atoms with Crippen LogP contribution >= 0.6 is 0 Å². The van der Waals surface area contributed by atoms with Crippen LogP contribution in [0.4, 0.5) is 0 Å². The third-order valence-electron chi connectivity index (χ3n) is 1.26. The van der Waals surface area contributed by atoms with Gasteiger partial charge in [-0.3, -0.25) is 0 Å². The van der Waals surface area contributed by atoms with Gasteiger partial charge < -0.3 is 0 Å². The van der Waals surface area contributed by atoms with Crippen molar-refractivity contribution in [2.75, 3.05) is 0 Å². The lowest BCUT2D eigenvalue weighted by Gasteiger charge is -1.81. The first-order valence-electron chi connectivity index (χ1n) is 3.68. The van der Waals surface area contributed by atoms with Gasteiger partial charge in [-0.25, -0.2) is 9.13 Å². The van der Waals surface area contributed by atoms with Crippen LogP contribution in [-0.4, -0.2) is 4.57 Å². The minimum atomic E-state index is 0.789. The van der Waals surface area contributed by atoms with E-state index in [0.29, 0.717) is 0 Å². The highest BCUT2D eigenvalue weighted by atomic mass is 15.1. The van der Waals surface area contributed by atoms with Gasteiger partial charge in [-0.2, -0.15) is 0 Å². The molecule has 0 spiro atoms. The van der Waals surface area contributed by atoms with Gasteiger partial charge in [0, 0.05) is 0 Å². The van der Waals surface area contributed by atoms with Gasteiger partial charge in [-0.1, -0.05) is 5.92 Å². The molecular weight excluding hydrogens is 166 g/mol. The molecule has 13 heavy (non-hydrogen) atoms. The lowest BCUT2D eigenvalue weighted by molar-refractivity contribution is -0.671. The highest BCUT2D eigenvalue weighted by Crippen LogP contribution is 1.80. The van der Waals surface area contributed by atoms with E-state index < -0.39 is 0 Å². The Kier molecular flexibility index (Phi) is 5.77. The summed E-state index contributed by atoms with van der Waals surface area (Å²) < 4.78 is 4.04. The van der Waals surface area contributed by atoms with Crippen LogP contribution in [-0.2, 0) is 13.6 Å². The molecule has 0 bridgehead atoms. The summed E-state index contributed by atoms with van der Waals surface area (Å²) in [5.74, 6) is 5.82. The van der Waals surface area contributed by atoms with Crippen molar-refractivity contribution in [1.29, 1.82) is 11.1 Å². The molecule has 0 atom stereocenters. The van der Waals surface area contributed by atoms with Crippen LogP contribution in [0.2, 0.25) is 0 Å². The van der Waals surface area contributed by atoms with Gasteiger partial charge in [0.1, 0.15) is 23.5 Å². The van der Waals surface area contributed by atoms with E-state index in [4.69, 9.17) is 11.1 Å². The van der Waals surface area contributed by atoms with Crippen molar-refractivity contribution in [2.24, 2.45) is 7.05 Å². The molecule has 0 fully saturated rings. The zero-order chi connectivity index (χ0) is 10.1. The Bertz CT molecular complexity index is 335. The van der Waals surface area contributed by atoms with Crippen molar-refractivity contribution in [1.82, 2.24) is 9.48 Å². The summed E-state index contributed by atoms with van der Waals surface area (Å²) in [6.07, 6.45) is 6.01. The number of nitrogens with zero attached hydrogens (tertiary/aromatic N) is 3. The molecule has 1 aromatic heterocycles. The highest BCUT2D eigenvalue weighted by Gasteiger charge is 1.94. The van der Waals surface area contributed by atoms with Crippen molar-refractivity contribution in [3.8, 4) is 11.8 Å². The Labute approximate surface area is 77.0 Å². The zero-order valence-corrected chi connectivity index (χ0v) is 7.78. The fourth-order valence-electron chi connectivity index (χ4n) is 0.766. The van der Waals surface area contributed by atoms with Crippen LogP contribution in [0.5, 0.6) is 0 Å². The summed E-state index contributed by atoms with van der Waals surface area (Å²) in [4.78, 5) is 2.00. The number of hydrogen-bond donors (Lipinski definition) is 2. The van der Waals surface area contributed by atoms with E-state index in [0.717, 1.165) is 6.54 Å². The minimum absolute atomic E-state index is 0.789. The molecule has 0 aliphatic rings. The molecule has 2 N–H and O–H groups in total. The summed E-state index contributed by atoms with van der Waals surface area (Å²) in [7, 11) is 2.00. The second-order valence-electron chi connectivity index (χ2n) is 2.29. The van der Waals surface area contributed by atoms with Crippen molar-refractivity contribution in [3.05, 3.63) is 18.7 Å². The van der Waals surface area contributed by atoms with Crippen LogP contribution in [0, 0.1) is 22.9 Å². The SMILES string of the molecule is CC#CCn1cc[n+](C)c1.N=[N+]=N. The van der Waals surface area contributed by atoms with Gasteiger partial charge in [-0.15, -0.1) is 5.92 Å². The molecule has 5 nitrogen and oxygen atoms in total. The van der Waals surface area contributed by atoms with Crippen molar-refractivity contribution in [2.45, 2.75) is 13.5 Å². The Morgan fingerprint density at radius 1 is 1.54 bits per heavy atom. The molecule has 0 aliphatic carbocycles. The van der Waals surface area contributed by atoms with E-state index in [2.05, 4.69) is 11.8 Å². The molecule has 0 saturated carbocycles. The second-order valence-corrected chi connectivity index (χ2v) is 2.29. The Morgan fingerprint density at radius 2 is 2.15 bits per heavy atom. The summed E-state index contributed by atoms with van der Waals surface area (Å²) in [5.41, 5.74) is 11.0. The topological polar surface area (TPSA) is 70.6 Å². The van der Waals surface area contributed by atoms with E-state index in [1.54, 1.807) is 0 Å². The molecule has 1 heterocycles. The Hall–Kier alpha value is -1.92. The number of aryl methyl sites for hydroxylation is 1. The van der Waals surface area contributed by atoms with Crippen LogP contribution < -0.4 is 9.48 Å². The molecule has 0 saturated heterocycles. The van der Waals surface area contributed by atoms with Gasteiger partial charge in [0.2, 0.25) is 11.2 Å². The maximum Gasteiger partial charge on any atom is 0.244 e. The largest absolute Gasteiger partial charge is 0.244 e. The molecule has 0 unspecified atom stereocenters. The van der Waals surface area contributed by atoms with E-state index in [-0.39, 0.29) is 0 Å². The molecule has 1 aromatic rings. The second kappa shape index (κ2) is 6.77. The van der Waals surface area contributed by atoms with Crippen LogP contribution in [0.3, 0.4) is 0 Å². The average Bonchev–Trinajstić information content (AvgIpc) is 2.49. The molecule has 0 amide bonds. The summed E-state index contributed by atoms with van der Waals surface area (Å²) >= 11 is 0. The fourth-order valence-corrected chi connectivity index (χ4v) is 0.766. The molecule has 0 radical (unpaired) electrons. The van der Waals surface area contributed by atoms with Crippen LogP contribution in [0.15, 0.2) is 18.7 Å². The standard InChI is InChI=1S/C8H11N2.H2N3/c1-3-4-5-10-7-6-9(2)8-10;1-3-2/h6-8H,5H2,1-2H3;1-2H/q2*+1. The Morgan fingerprint density at radius 3 is 2.54 bits per heavy atom. The Balaban J connectivity index is 0.000000424. The highest BCUT2D eigenvalue weighted by molar-refractivity contribution is 4.95. The normalized spacial score (nSPS) is 7.23. The van der Waals surface area contributed by atoms with E-state index in [9.17, 15) is 0 Å². The fraction of sp³-hybridized carbons (Fsp3) is 0.375. The van der Waals surface area contributed by atoms with E-state index in [1.807, 2.05) is 46.7 Å². The maximum absolute atomic E-state index is 5.50. The van der Waals surface area contributed by atoms with E-state index >= 15 is 0 Å². The average molecular weight is 179 g/mol. The number of rotatable bonds is 1. The lowest BCUT2D eigenvalue weighted by atomic mass is 10.6. The predicted molar refractivity (Wildman–Crippen MR) is 46.6 cm³/mol. The zero-order valence-electron chi connectivity index (χ0n) is 7.78. The van der Waals surface area contributed by atoms with Gasteiger partial charge in [-0.05, 0) is 6.92 Å². The summed E-state index contributed by atoms with van der Waals surface area (Å²) in [6, 6.07) is 0.